The molecule has 0 radical (unpaired) electrons. The van der Waals surface area contributed by atoms with Crippen LogP contribution in [0.1, 0.15) is 41.6 Å². The van der Waals surface area contributed by atoms with E-state index in [1.165, 1.54) is 37.6 Å². The lowest BCUT2D eigenvalue weighted by molar-refractivity contribution is 0.0825. The molecule has 1 amide bonds. The number of hydrogen-bond donors (Lipinski definition) is 2. The van der Waals surface area contributed by atoms with Crippen LogP contribution in [0.4, 0.5) is 0 Å². The summed E-state index contributed by atoms with van der Waals surface area (Å²) in [6.07, 6.45) is 4.32. The first-order chi connectivity index (χ1) is 13.1. The maximum atomic E-state index is 12.7. The van der Waals surface area contributed by atoms with Crippen LogP contribution in [0.3, 0.4) is 0 Å². The smallest absolute Gasteiger partial charge is 0.255 e. The Morgan fingerprint density at radius 1 is 1.15 bits per heavy atom. The highest BCUT2D eigenvalue weighted by Gasteiger charge is 2.41. The number of amides is 1. The molecule has 0 spiro atoms. The van der Waals surface area contributed by atoms with Crippen molar-refractivity contribution in [1.29, 1.82) is 0 Å². The van der Waals surface area contributed by atoms with E-state index in [-0.39, 0.29) is 17.7 Å². The number of methoxy groups -OCH3 is 1. The van der Waals surface area contributed by atoms with Gasteiger partial charge in [0.25, 0.3) is 5.91 Å². The Morgan fingerprint density at radius 3 is 2.52 bits per heavy atom. The Kier molecular flexibility index (Phi) is 5.03. The van der Waals surface area contributed by atoms with Crippen molar-refractivity contribution in [3.63, 3.8) is 0 Å². The van der Waals surface area contributed by atoms with Crippen molar-refractivity contribution in [2.24, 2.45) is 0 Å². The first-order valence-electron chi connectivity index (χ1n) is 9.61. The molecule has 0 aliphatic carbocycles. The Balaban J connectivity index is 1.42. The van der Waals surface area contributed by atoms with Gasteiger partial charge in [0.15, 0.2) is 0 Å². The number of ether oxygens (including phenoxy) is 1. The summed E-state index contributed by atoms with van der Waals surface area (Å²) in [5.41, 5.74) is 1.73. The summed E-state index contributed by atoms with van der Waals surface area (Å²) in [5.74, 6) is 0.372. The molecule has 4 rings (SSSR count). The zero-order valence-corrected chi connectivity index (χ0v) is 15.6. The van der Waals surface area contributed by atoms with Crippen LogP contribution in [0.2, 0.25) is 0 Å². The number of rotatable bonds is 5. The molecule has 2 heterocycles. The summed E-state index contributed by atoms with van der Waals surface area (Å²) in [6.45, 7) is 0.983. The van der Waals surface area contributed by atoms with Crippen LogP contribution < -0.4 is 10.1 Å². The van der Waals surface area contributed by atoms with Gasteiger partial charge in [-0.3, -0.25) is 9.69 Å². The predicted molar refractivity (Wildman–Crippen MR) is 104 cm³/mol. The van der Waals surface area contributed by atoms with Gasteiger partial charge in [-0.05, 0) is 49.4 Å². The lowest BCUT2D eigenvalue weighted by Crippen LogP contribution is -2.50. The number of hydrogen-bond acceptors (Lipinski definition) is 4. The normalized spacial score (nSPS) is 24.6. The second kappa shape index (κ2) is 7.61. The minimum Gasteiger partial charge on any atom is -0.508 e. The van der Waals surface area contributed by atoms with E-state index in [4.69, 9.17) is 4.74 Å². The Bertz CT molecular complexity index is 794. The molecule has 2 aromatic rings. The summed E-state index contributed by atoms with van der Waals surface area (Å²) in [7, 11) is 1.53. The van der Waals surface area contributed by atoms with Crippen LogP contribution in [-0.2, 0) is 6.54 Å². The van der Waals surface area contributed by atoms with Gasteiger partial charge in [0.1, 0.15) is 11.5 Å². The zero-order valence-electron chi connectivity index (χ0n) is 15.6. The molecular weight excluding hydrogens is 340 g/mol. The molecule has 2 unspecified atom stereocenters. The van der Waals surface area contributed by atoms with Crippen LogP contribution in [0.15, 0.2) is 48.5 Å². The molecule has 2 fully saturated rings. The van der Waals surface area contributed by atoms with Crippen molar-refractivity contribution in [2.45, 2.75) is 50.4 Å². The zero-order chi connectivity index (χ0) is 18.8. The standard InChI is InChI=1S/C22H26N2O3/c1-27-21-10-9-19(25)13-20(21)22(26)23-16-11-17-7-8-18(12-16)24(17)14-15-5-3-2-4-6-15/h2-6,9-10,13,16-18,25H,7-8,11-12,14H2,1H3,(H,23,26). The second-order valence-electron chi connectivity index (χ2n) is 7.57. The minimum absolute atomic E-state index is 0.0682. The average molecular weight is 366 g/mol. The monoisotopic (exact) mass is 366 g/mol. The number of benzene rings is 2. The lowest BCUT2D eigenvalue weighted by atomic mass is 9.96. The highest BCUT2D eigenvalue weighted by atomic mass is 16.5. The number of carbonyl (C=O) groups excluding carboxylic acids is 1. The molecular formula is C22H26N2O3. The first-order valence-corrected chi connectivity index (χ1v) is 9.61. The van der Waals surface area contributed by atoms with Gasteiger partial charge < -0.3 is 15.2 Å². The minimum atomic E-state index is -0.177. The molecule has 5 nitrogen and oxygen atoms in total. The van der Waals surface area contributed by atoms with Crippen molar-refractivity contribution in [3.8, 4) is 11.5 Å². The van der Waals surface area contributed by atoms with E-state index in [1.807, 2.05) is 0 Å². The Morgan fingerprint density at radius 2 is 1.85 bits per heavy atom. The van der Waals surface area contributed by atoms with Gasteiger partial charge in [-0.2, -0.15) is 0 Å². The van der Waals surface area contributed by atoms with Gasteiger partial charge in [0.05, 0.1) is 12.7 Å². The number of carbonyl (C=O) groups is 1. The Hall–Kier alpha value is -2.53. The number of phenolic OH excluding ortho intramolecular Hbond substituents is 1. The van der Waals surface area contributed by atoms with Gasteiger partial charge in [-0.25, -0.2) is 0 Å². The second-order valence-corrected chi connectivity index (χ2v) is 7.57. The summed E-state index contributed by atoms with van der Waals surface area (Å²) >= 11 is 0. The van der Waals surface area contributed by atoms with E-state index in [9.17, 15) is 9.90 Å². The number of nitrogens with zero attached hydrogens (tertiary/aromatic N) is 1. The molecule has 0 aromatic heterocycles. The molecule has 27 heavy (non-hydrogen) atoms. The molecule has 2 atom stereocenters. The molecule has 2 N–H and O–H groups in total. The quantitative estimate of drug-likeness (QED) is 0.852. The fourth-order valence-corrected chi connectivity index (χ4v) is 4.58. The molecule has 5 heteroatoms. The van der Waals surface area contributed by atoms with Crippen molar-refractivity contribution in [2.75, 3.05) is 7.11 Å². The third-order valence-corrected chi connectivity index (χ3v) is 5.86. The Labute approximate surface area is 160 Å². The highest BCUT2D eigenvalue weighted by Crippen LogP contribution is 2.37. The van der Waals surface area contributed by atoms with Crippen molar-refractivity contribution in [1.82, 2.24) is 10.2 Å². The highest BCUT2D eigenvalue weighted by molar-refractivity contribution is 5.97. The van der Waals surface area contributed by atoms with E-state index in [0.717, 1.165) is 19.4 Å². The lowest BCUT2D eigenvalue weighted by Gasteiger charge is -2.39. The largest absolute Gasteiger partial charge is 0.508 e. The van der Waals surface area contributed by atoms with Crippen molar-refractivity contribution in [3.05, 3.63) is 59.7 Å². The first kappa shape index (κ1) is 17.9. The van der Waals surface area contributed by atoms with Crippen molar-refractivity contribution < 1.29 is 14.6 Å². The summed E-state index contributed by atoms with van der Waals surface area (Å²) in [5, 5.41) is 12.9. The number of fused-ring (bicyclic) bond motifs is 2. The maximum absolute atomic E-state index is 12.7. The molecule has 2 aliphatic heterocycles. The van der Waals surface area contributed by atoms with Crippen molar-refractivity contribution >= 4 is 5.91 Å². The van der Waals surface area contributed by atoms with Crippen LogP contribution in [-0.4, -0.2) is 41.1 Å². The third-order valence-electron chi connectivity index (χ3n) is 5.86. The van der Waals surface area contributed by atoms with Gasteiger partial charge in [-0.15, -0.1) is 0 Å². The van der Waals surface area contributed by atoms with Gasteiger partial charge in [0, 0.05) is 24.7 Å². The molecule has 2 bridgehead atoms. The SMILES string of the molecule is COc1ccc(O)cc1C(=O)NC1CC2CCC(C1)N2Cc1ccccc1. The fraction of sp³-hybridized carbons (Fsp3) is 0.409. The predicted octanol–water partition coefficient (Wildman–Crippen LogP) is 3.33. The van der Waals surface area contributed by atoms with E-state index < -0.39 is 0 Å². The number of nitrogens with one attached hydrogen (secondary N) is 1. The molecule has 142 valence electrons. The number of phenols is 1. The van der Waals surface area contributed by atoms with Crippen LogP contribution in [0, 0.1) is 0 Å². The van der Waals surface area contributed by atoms with E-state index >= 15 is 0 Å². The fourth-order valence-electron chi connectivity index (χ4n) is 4.58. The van der Waals surface area contributed by atoms with Gasteiger partial charge in [0.2, 0.25) is 0 Å². The van der Waals surface area contributed by atoms with E-state index in [1.54, 1.807) is 6.07 Å². The van der Waals surface area contributed by atoms with Crippen LogP contribution >= 0.6 is 0 Å². The van der Waals surface area contributed by atoms with E-state index in [0.29, 0.717) is 23.4 Å². The molecule has 2 saturated heterocycles. The maximum Gasteiger partial charge on any atom is 0.255 e. The number of piperidine rings is 1. The average Bonchev–Trinajstić information content (AvgIpc) is 2.91. The summed E-state index contributed by atoms with van der Waals surface area (Å²) in [6, 6.07) is 16.4. The summed E-state index contributed by atoms with van der Waals surface area (Å²) in [4.78, 5) is 15.3. The van der Waals surface area contributed by atoms with Gasteiger partial charge in [-0.1, -0.05) is 30.3 Å². The van der Waals surface area contributed by atoms with Gasteiger partial charge >= 0.3 is 0 Å². The molecule has 0 saturated carbocycles. The number of aromatic hydroxyl groups is 1. The van der Waals surface area contributed by atoms with Crippen LogP contribution in [0.25, 0.3) is 0 Å². The molecule has 2 aliphatic rings. The topological polar surface area (TPSA) is 61.8 Å². The third kappa shape index (κ3) is 3.78. The summed E-state index contributed by atoms with van der Waals surface area (Å²) < 4.78 is 5.27. The van der Waals surface area contributed by atoms with E-state index in [2.05, 4.69) is 40.5 Å². The molecule has 2 aromatic carbocycles. The van der Waals surface area contributed by atoms with Crippen LogP contribution in [0.5, 0.6) is 11.5 Å².